The molecular formula is C56H65N2O15P. The fourth-order valence-electron chi connectivity index (χ4n) is 8.42. The number of esters is 1. The lowest BCUT2D eigenvalue weighted by molar-refractivity contribution is -0.0526. The van der Waals surface area contributed by atoms with Gasteiger partial charge in [-0.1, -0.05) is 105 Å². The Hall–Kier alpha value is -6.40. The van der Waals surface area contributed by atoms with E-state index in [-0.39, 0.29) is 50.7 Å². The van der Waals surface area contributed by atoms with Crippen LogP contribution >= 0.6 is 7.82 Å². The third-order valence-corrected chi connectivity index (χ3v) is 13.8. The van der Waals surface area contributed by atoms with E-state index in [0.717, 1.165) is 31.4 Å². The number of unbranched alkanes of at least 4 members (excludes halogenated alkanes) is 1. The average Bonchev–Trinajstić information content (AvgIpc) is 3.76. The predicted molar refractivity (Wildman–Crippen MR) is 276 cm³/mol. The second-order valence-corrected chi connectivity index (χ2v) is 18.7. The molecule has 1 aliphatic heterocycles. The van der Waals surface area contributed by atoms with E-state index in [9.17, 15) is 14.4 Å². The minimum atomic E-state index is -4.59. The number of rotatable bonds is 29. The summed E-state index contributed by atoms with van der Waals surface area (Å²) in [4.78, 5) is 41.1. The molecule has 5 aromatic carbocycles. The van der Waals surface area contributed by atoms with Gasteiger partial charge in [-0.2, -0.15) is 0 Å². The summed E-state index contributed by atoms with van der Waals surface area (Å²) >= 11 is 0. The highest BCUT2D eigenvalue weighted by atomic mass is 31.2. The van der Waals surface area contributed by atoms with E-state index in [0.29, 0.717) is 44.2 Å². The molecule has 1 fully saturated rings. The average molecular weight is 1040 g/mol. The molecule has 0 spiro atoms. The first-order chi connectivity index (χ1) is 36.1. The van der Waals surface area contributed by atoms with E-state index in [2.05, 4.69) is 0 Å². The van der Waals surface area contributed by atoms with Crippen molar-refractivity contribution in [3.63, 3.8) is 0 Å². The van der Waals surface area contributed by atoms with Crippen LogP contribution in [0.4, 0.5) is 0 Å². The Morgan fingerprint density at radius 2 is 1.24 bits per heavy atom. The largest absolute Gasteiger partial charge is 0.530 e. The Morgan fingerprint density at radius 3 is 1.84 bits per heavy atom. The highest BCUT2D eigenvalue weighted by molar-refractivity contribution is 7.49. The first kappa shape index (κ1) is 55.4. The lowest BCUT2D eigenvalue weighted by atomic mass is 9.80. The van der Waals surface area contributed by atoms with Crippen LogP contribution < -0.4 is 25.2 Å². The van der Waals surface area contributed by atoms with Gasteiger partial charge in [0.2, 0.25) is 0 Å². The van der Waals surface area contributed by atoms with E-state index in [1.807, 2.05) is 85.8 Å². The van der Waals surface area contributed by atoms with Gasteiger partial charge in [0.25, 0.3) is 5.56 Å². The highest BCUT2D eigenvalue weighted by Crippen LogP contribution is 2.54. The van der Waals surface area contributed by atoms with Crippen LogP contribution in [0, 0.1) is 0 Å². The zero-order valence-corrected chi connectivity index (χ0v) is 43.3. The molecular weight excluding hydrogens is 972 g/mol. The van der Waals surface area contributed by atoms with Crippen LogP contribution in [0.5, 0.6) is 17.2 Å². The summed E-state index contributed by atoms with van der Waals surface area (Å²) in [6.07, 6.45) is -2.18. The summed E-state index contributed by atoms with van der Waals surface area (Å²) in [5.41, 5.74) is 1.17. The van der Waals surface area contributed by atoms with Gasteiger partial charge in [-0.05, 0) is 83.6 Å². The molecule has 74 heavy (non-hydrogen) atoms. The van der Waals surface area contributed by atoms with Gasteiger partial charge in [0.05, 0.1) is 78.7 Å². The molecule has 1 saturated heterocycles. The van der Waals surface area contributed by atoms with Crippen LogP contribution in [0.3, 0.4) is 0 Å². The molecule has 0 bridgehead atoms. The number of carbonyl (C=O) groups is 1. The number of benzene rings is 5. The number of hydrogen-bond acceptors (Lipinski definition) is 15. The number of methoxy groups -OCH3 is 3. The summed E-state index contributed by atoms with van der Waals surface area (Å²) < 4.78 is 82.6. The highest BCUT2D eigenvalue weighted by Gasteiger charge is 2.53. The lowest BCUT2D eigenvalue weighted by Gasteiger charge is -2.36. The Kier molecular flexibility index (Phi) is 20.4. The Labute approximate surface area is 431 Å². The second-order valence-electron chi connectivity index (χ2n) is 17.2. The molecule has 0 saturated carbocycles. The van der Waals surface area contributed by atoms with E-state index in [4.69, 9.17) is 51.5 Å². The minimum absolute atomic E-state index is 0.00598. The van der Waals surface area contributed by atoms with Crippen LogP contribution in [0.15, 0.2) is 155 Å². The van der Waals surface area contributed by atoms with Crippen molar-refractivity contribution in [1.82, 2.24) is 9.13 Å². The third-order valence-electron chi connectivity index (χ3n) is 12.3. The molecule has 18 heteroatoms. The van der Waals surface area contributed by atoms with Crippen molar-refractivity contribution >= 4 is 13.8 Å². The number of nitrogens with zero attached hydrogens (tertiary/aromatic N) is 2. The van der Waals surface area contributed by atoms with E-state index >= 15 is 4.57 Å². The van der Waals surface area contributed by atoms with Crippen molar-refractivity contribution in [2.45, 2.75) is 76.4 Å². The van der Waals surface area contributed by atoms with Crippen LogP contribution in [0.1, 0.15) is 71.9 Å². The van der Waals surface area contributed by atoms with Crippen LogP contribution in [-0.4, -0.2) is 94.4 Å². The van der Waals surface area contributed by atoms with E-state index in [1.54, 1.807) is 82.9 Å². The van der Waals surface area contributed by atoms with Gasteiger partial charge in [0.15, 0.2) is 12.3 Å². The monoisotopic (exact) mass is 1040 g/mol. The van der Waals surface area contributed by atoms with Gasteiger partial charge >= 0.3 is 19.5 Å². The summed E-state index contributed by atoms with van der Waals surface area (Å²) in [7, 11) is 0.226. The normalized spacial score (nSPS) is 17.4. The SMILES string of the molecule is CCCCOP(=O)(Oc1ccc(COC(c2ccccc2)(c2ccc(OC)cc2)c2ccc(OC)cc2)cc1)O[C@@H]1C(OC(=O)c2ccccc2)[C@H](n2ccc(=O)n(CCOCCOCCOC)c2=O)O[C@@H]1CC. The van der Waals surface area contributed by atoms with E-state index < -0.39 is 55.2 Å². The number of phosphoric acid groups is 1. The maximum atomic E-state index is 15.1. The van der Waals surface area contributed by atoms with Crippen molar-refractivity contribution in [2.75, 3.05) is 61.0 Å². The molecule has 5 atom stereocenters. The minimum Gasteiger partial charge on any atom is -0.497 e. The maximum Gasteiger partial charge on any atom is 0.530 e. The first-order valence-corrected chi connectivity index (χ1v) is 26.1. The zero-order valence-electron chi connectivity index (χ0n) is 42.4. The number of carbonyl (C=O) groups excluding carboxylic acids is 1. The van der Waals surface area contributed by atoms with Gasteiger partial charge in [0.1, 0.15) is 29.0 Å². The van der Waals surface area contributed by atoms with Crippen LogP contribution in [0.25, 0.3) is 0 Å². The molecule has 1 aromatic heterocycles. The lowest BCUT2D eigenvalue weighted by Crippen LogP contribution is -2.45. The number of phosphoric ester groups is 1. The third kappa shape index (κ3) is 13.8. The van der Waals surface area contributed by atoms with Crippen molar-refractivity contribution < 1.29 is 60.8 Å². The van der Waals surface area contributed by atoms with Gasteiger partial charge in [0, 0.05) is 19.4 Å². The molecule has 0 N–H and O–H groups in total. The molecule has 0 radical (unpaired) electrons. The number of hydrogen-bond donors (Lipinski definition) is 0. The van der Waals surface area contributed by atoms with Gasteiger partial charge < -0.3 is 42.4 Å². The fourth-order valence-corrected chi connectivity index (χ4v) is 9.86. The van der Waals surface area contributed by atoms with Gasteiger partial charge in [-0.3, -0.25) is 23.0 Å². The van der Waals surface area contributed by atoms with Crippen LogP contribution in [0.2, 0.25) is 0 Å². The molecule has 17 nitrogen and oxygen atoms in total. The molecule has 2 heterocycles. The number of aromatic nitrogens is 2. The fraction of sp³-hybridized carbons (Fsp3) is 0.375. The quantitative estimate of drug-likeness (QED) is 0.0188. The first-order valence-electron chi connectivity index (χ1n) is 24.6. The molecule has 1 aliphatic rings. The molecule has 2 unspecified atom stereocenters. The molecule has 7 rings (SSSR count). The molecule has 6 aromatic rings. The summed E-state index contributed by atoms with van der Waals surface area (Å²) in [5.74, 6) is 0.792. The van der Waals surface area contributed by atoms with Gasteiger partial charge in [-0.15, -0.1) is 0 Å². The summed E-state index contributed by atoms with van der Waals surface area (Å²) in [6.45, 7) is 5.20. The zero-order chi connectivity index (χ0) is 52.3. The standard InChI is InChI=1S/C56H65N2O15P/c1-6-8-34-69-74(62,72-48-25-19-41(20-26-48)40-68-56(43-17-13-10-14-18-43,44-21-27-46(64-4)28-22-44)45-23-29-47(65-5)30-24-45)73-51-49(7-2)70-53(52(51)71-54(60)42-15-11-9-12-16-42)58-32-31-50(59)57(55(58)61)33-35-66-38-39-67-37-36-63-3/h9-32,49,51-53H,6-8,33-40H2,1-5H3/t49-,51+,52?,53-,74?/m1/s1. The topological polar surface area (TPSA) is 180 Å². The Bertz CT molecular complexity index is 2780. The second kappa shape index (κ2) is 27.2. The summed E-state index contributed by atoms with van der Waals surface area (Å²) in [5, 5.41) is 0. The molecule has 0 amide bonds. The van der Waals surface area contributed by atoms with Crippen molar-refractivity contribution in [3.8, 4) is 17.2 Å². The smallest absolute Gasteiger partial charge is 0.497 e. The van der Waals surface area contributed by atoms with Gasteiger partial charge in [-0.25, -0.2) is 14.2 Å². The van der Waals surface area contributed by atoms with Crippen LogP contribution in [-0.2, 0) is 60.8 Å². The van der Waals surface area contributed by atoms with Crippen molar-refractivity contribution in [1.29, 1.82) is 0 Å². The molecule has 0 aliphatic carbocycles. The Morgan fingerprint density at radius 1 is 0.662 bits per heavy atom. The predicted octanol–water partition coefficient (Wildman–Crippen LogP) is 9.14. The van der Waals surface area contributed by atoms with E-state index in [1.165, 1.54) is 12.3 Å². The number of ether oxygens (including phenoxy) is 8. The van der Waals surface area contributed by atoms with Crippen molar-refractivity contribution in [3.05, 3.63) is 194 Å². The van der Waals surface area contributed by atoms with Crippen molar-refractivity contribution in [2.24, 2.45) is 0 Å². The molecule has 394 valence electrons. The maximum absolute atomic E-state index is 15.1. The summed E-state index contributed by atoms with van der Waals surface area (Å²) in [6, 6.07) is 41.8. The Balaban J connectivity index is 1.16.